The third kappa shape index (κ3) is 3.43. The fourth-order valence-electron chi connectivity index (χ4n) is 3.27. The van der Waals surface area contributed by atoms with E-state index >= 15 is 0 Å². The first-order valence-corrected chi connectivity index (χ1v) is 8.65. The van der Waals surface area contributed by atoms with Gasteiger partial charge in [0.2, 0.25) is 0 Å². The van der Waals surface area contributed by atoms with Crippen LogP contribution in [0.4, 0.5) is 0 Å². The third-order valence-corrected chi connectivity index (χ3v) is 4.78. The first kappa shape index (κ1) is 17.0. The van der Waals surface area contributed by atoms with Gasteiger partial charge in [0.15, 0.2) is 0 Å². The molecule has 9 nitrogen and oxygen atoms in total. The number of carbonyl (C=O) groups is 2. The van der Waals surface area contributed by atoms with Gasteiger partial charge in [0.05, 0.1) is 35.9 Å². The van der Waals surface area contributed by atoms with Gasteiger partial charge in [-0.05, 0) is 37.1 Å². The lowest BCUT2D eigenvalue weighted by Gasteiger charge is -2.32. The molecule has 0 saturated carbocycles. The zero-order valence-corrected chi connectivity index (χ0v) is 14.5. The van der Waals surface area contributed by atoms with Gasteiger partial charge in [-0.1, -0.05) is 5.21 Å². The predicted molar refractivity (Wildman–Crippen MR) is 94.7 cm³/mol. The molecule has 1 aromatic carbocycles. The largest absolute Gasteiger partial charge is 0.478 e. The smallest absolute Gasteiger partial charge is 0.338 e. The summed E-state index contributed by atoms with van der Waals surface area (Å²) >= 11 is 0. The molecule has 1 fully saturated rings. The van der Waals surface area contributed by atoms with Gasteiger partial charge in [-0.2, -0.15) is 5.10 Å². The molecule has 0 aliphatic carbocycles. The molecular weight excluding hydrogens is 348 g/mol. The molecule has 0 atom stereocenters. The highest BCUT2D eigenvalue weighted by Gasteiger charge is 2.25. The van der Waals surface area contributed by atoms with E-state index in [0.717, 1.165) is 18.5 Å². The number of amides is 1. The number of hydrogen-bond acceptors (Lipinski definition) is 5. The van der Waals surface area contributed by atoms with Gasteiger partial charge < -0.3 is 10.0 Å². The number of benzene rings is 1. The first-order valence-electron chi connectivity index (χ1n) is 8.65. The van der Waals surface area contributed by atoms with Gasteiger partial charge in [-0.15, -0.1) is 5.10 Å². The summed E-state index contributed by atoms with van der Waals surface area (Å²) in [7, 11) is 0. The first-order chi connectivity index (χ1) is 13.1. The standard InChI is InChI=1S/C18H18N6O3/c25-17(13-1-3-15(4-2-13)23-10-7-19-21-23)22-8-5-16(6-9-22)24-12-14(11-20-24)18(26)27/h1-4,7,10-12,16H,5-6,8-9H2,(H,26,27). The lowest BCUT2D eigenvalue weighted by atomic mass is 10.0. The molecule has 138 valence electrons. The molecule has 27 heavy (non-hydrogen) atoms. The Kier molecular flexibility index (Phi) is 4.41. The summed E-state index contributed by atoms with van der Waals surface area (Å²) < 4.78 is 3.33. The molecule has 1 aliphatic heterocycles. The number of carbonyl (C=O) groups excluding carboxylic acids is 1. The molecule has 0 unspecified atom stereocenters. The van der Waals surface area contributed by atoms with Crippen LogP contribution in [0.1, 0.15) is 39.6 Å². The van der Waals surface area contributed by atoms with Crippen LogP contribution in [0.3, 0.4) is 0 Å². The minimum atomic E-state index is -0.983. The molecule has 2 aromatic heterocycles. The number of likely N-dealkylation sites (tertiary alicyclic amines) is 1. The molecule has 4 rings (SSSR count). The van der Waals surface area contributed by atoms with Gasteiger partial charge in [0, 0.05) is 24.8 Å². The van der Waals surface area contributed by atoms with E-state index in [4.69, 9.17) is 5.11 Å². The van der Waals surface area contributed by atoms with Gasteiger partial charge in [0.1, 0.15) is 0 Å². The third-order valence-electron chi connectivity index (χ3n) is 4.78. The minimum Gasteiger partial charge on any atom is -0.478 e. The molecule has 0 bridgehead atoms. The maximum atomic E-state index is 12.7. The summed E-state index contributed by atoms with van der Waals surface area (Å²) in [5.41, 5.74) is 1.65. The summed E-state index contributed by atoms with van der Waals surface area (Å²) in [5.74, 6) is -0.992. The maximum absolute atomic E-state index is 12.7. The highest BCUT2D eigenvalue weighted by Crippen LogP contribution is 2.23. The zero-order chi connectivity index (χ0) is 18.8. The molecule has 1 saturated heterocycles. The number of aromatic carboxylic acids is 1. The van der Waals surface area contributed by atoms with Crippen molar-refractivity contribution in [3.63, 3.8) is 0 Å². The second-order valence-corrected chi connectivity index (χ2v) is 6.43. The summed E-state index contributed by atoms with van der Waals surface area (Å²) in [6.07, 6.45) is 7.73. The molecule has 3 aromatic rings. The highest BCUT2D eigenvalue weighted by molar-refractivity contribution is 5.94. The lowest BCUT2D eigenvalue weighted by molar-refractivity contribution is 0.0688. The monoisotopic (exact) mass is 366 g/mol. The Morgan fingerprint density at radius 1 is 1.07 bits per heavy atom. The van der Waals surface area contributed by atoms with E-state index in [1.54, 1.807) is 40.1 Å². The minimum absolute atomic E-state index is 0.00900. The van der Waals surface area contributed by atoms with Crippen LogP contribution >= 0.6 is 0 Å². The van der Waals surface area contributed by atoms with Crippen molar-refractivity contribution in [3.05, 3.63) is 60.2 Å². The lowest BCUT2D eigenvalue weighted by Crippen LogP contribution is -2.39. The number of carboxylic acid groups (broad SMARTS) is 1. The number of rotatable bonds is 4. The van der Waals surface area contributed by atoms with E-state index in [9.17, 15) is 9.59 Å². The Balaban J connectivity index is 1.38. The summed E-state index contributed by atoms with van der Waals surface area (Å²) in [6, 6.07) is 7.37. The van der Waals surface area contributed by atoms with Crippen molar-refractivity contribution in [2.24, 2.45) is 0 Å². The Morgan fingerprint density at radius 3 is 2.41 bits per heavy atom. The summed E-state index contributed by atoms with van der Waals surface area (Å²) in [5, 5.41) is 20.8. The van der Waals surface area contributed by atoms with E-state index in [1.807, 2.05) is 17.0 Å². The van der Waals surface area contributed by atoms with Crippen molar-refractivity contribution >= 4 is 11.9 Å². The molecule has 1 aliphatic rings. The van der Waals surface area contributed by atoms with Gasteiger partial charge in [-0.25, -0.2) is 9.48 Å². The van der Waals surface area contributed by atoms with Crippen LogP contribution in [0.15, 0.2) is 49.1 Å². The van der Waals surface area contributed by atoms with Crippen LogP contribution in [-0.4, -0.2) is 59.7 Å². The van der Waals surface area contributed by atoms with Crippen LogP contribution in [0, 0.1) is 0 Å². The average Bonchev–Trinajstić information content (AvgIpc) is 3.40. The number of carboxylic acids is 1. The van der Waals surface area contributed by atoms with E-state index in [1.165, 1.54) is 6.20 Å². The van der Waals surface area contributed by atoms with Gasteiger partial charge in [-0.3, -0.25) is 9.48 Å². The molecular formula is C18H18N6O3. The van der Waals surface area contributed by atoms with E-state index in [-0.39, 0.29) is 17.5 Å². The normalized spacial score (nSPS) is 15.0. The molecule has 3 heterocycles. The summed E-state index contributed by atoms with van der Waals surface area (Å²) in [4.78, 5) is 25.5. The van der Waals surface area contributed by atoms with Crippen LogP contribution in [-0.2, 0) is 0 Å². The summed E-state index contributed by atoms with van der Waals surface area (Å²) in [6.45, 7) is 1.22. The molecule has 0 radical (unpaired) electrons. The predicted octanol–water partition coefficient (Wildman–Crippen LogP) is 1.64. The second-order valence-electron chi connectivity index (χ2n) is 6.43. The quantitative estimate of drug-likeness (QED) is 0.752. The highest BCUT2D eigenvalue weighted by atomic mass is 16.4. The second kappa shape index (κ2) is 7.02. The Labute approximate surface area is 154 Å². The number of nitrogens with zero attached hydrogens (tertiary/aromatic N) is 6. The van der Waals surface area contributed by atoms with E-state index in [0.29, 0.717) is 18.7 Å². The molecule has 1 N–H and O–H groups in total. The Hall–Kier alpha value is -3.49. The fraction of sp³-hybridized carbons (Fsp3) is 0.278. The van der Waals surface area contributed by atoms with Crippen molar-refractivity contribution in [1.29, 1.82) is 0 Å². The van der Waals surface area contributed by atoms with E-state index < -0.39 is 5.97 Å². The van der Waals surface area contributed by atoms with Crippen molar-refractivity contribution in [1.82, 2.24) is 29.7 Å². The molecule has 9 heteroatoms. The van der Waals surface area contributed by atoms with Crippen LogP contribution < -0.4 is 0 Å². The number of aromatic nitrogens is 5. The molecule has 1 amide bonds. The SMILES string of the molecule is O=C(O)c1cnn(C2CCN(C(=O)c3ccc(-n4ccnn4)cc3)CC2)c1. The van der Waals surface area contributed by atoms with E-state index in [2.05, 4.69) is 15.4 Å². The fourth-order valence-corrected chi connectivity index (χ4v) is 3.27. The van der Waals surface area contributed by atoms with Crippen LogP contribution in [0.25, 0.3) is 5.69 Å². The Morgan fingerprint density at radius 2 is 1.81 bits per heavy atom. The average molecular weight is 366 g/mol. The zero-order valence-electron chi connectivity index (χ0n) is 14.5. The number of hydrogen-bond donors (Lipinski definition) is 1. The van der Waals surface area contributed by atoms with Gasteiger partial charge >= 0.3 is 5.97 Å². The number of piperidine rings is 1. The maximum Gasteiger partial charge on any atom is 0.338 e. The van der Waals surface area contributed by atoms with Crippen LogP contribution in [0.5, 0.6) is 0 Å². The topological polar surface area (TPSA) is 106 Å². The van der Waals surface area contributed by atoms with Gasteiger partial charge in [0.25, 0.3) is 5.91 Å². The Bertz CT molecular complexity index is 940. The van der Waals surface area contributed by atoms with Crippen molar-refractivity contribution in [2.75, 3.05) is 13.1 Å². The van der Waals surface area contributed by atoms with Crippen molar-refractivity contribution in [2.45, 2.75) is 18.9 Å². The van der Waals surface area contributed by atoms with Crippen molar-refractivity contribution < 1.29 is 14.7 Å². The van der Waals surface area contributed by atoms with Crippen LogP contribution in [0.2, 0.25) is 0 Å². The molecule has 0 spiro atoms. The van der Waals surface area contributed by atoms with Crippen molar-refractivity contribution in [3.8, 4) is 5.69 Å².